The number of aliphatic hydroxyl groups excluding tert-OH is 1. The fourth-order valence-electron chi connectivity index (χ4n) is 1.13. The monoisotopic (exact) mass is 177 g/mol. The van der Waals surface area contributed by atoms with Crippen molar-refractivity contribution < 1.29 is 5.11 Å². The highest BCUT2D eigenvalue weighted by molar-refractivity contribution is 5.46. The maximum atomic E-state index is 9.55. The summed E-state index contributed by atoms with van der Waals surface area (Å²) in [7, 11) is 0. The molecule has 0 unspecified atom stereocenters. The fraction of sp³-hybridized carbons (Fsp3) is 0.333. The van der Waals surface area contributed by atoms with Crippen molar-refractivity contribution in [2.24, 2.45) is 5.11 Å². The first kappa shape index (κ1) is 9.58. The van der Waals surface area contributed by atoms with Crippen LogP contribution in [0.2, 0.25) is 0 Å². The molecule has 68 valence electrons. The average molecular weight is 177 g/mol. The average Bonchev–Trinajstić information content (AvgIpc) is 2.18. The Kier molecular flexibility index (Phi) is 3.31. The van der Waals surface area contributed by atoms with Gasteiger partial charge in [0.25, 0.3) is 0 Å². The largest absolute Gasteiger partial charge is 0.388 e. The van der Waals surface area contributed by atoms with Gasteiger partial charge in [-0.3, -0.25) is 0 Å². The van der Waals surface area contributed by atoms with Gasteiger partial charge in [-0.1, -0.05) is 36.3 Å². The molecule has 1 atom stereocenters. The molecule has 4 heteroatoms. The number of aliphatic hydroxyl groups is 1. The summed E-state index contributed by atoms with van der Waals surface area (Å²) in [5.74, 6) is 0. The van der Waals surface area contributed by atoms with E-state index in [1.807, 2.05) is 13.0 Å². The summed E-state index contributed by atoms with van der Waals surface area (Å²) in [6.45, 7) is 1.87. The lowest BCUT2D eigenvalue weighted by atomic mass is 10.1. The van der Waals surface area contributed by atoms with Gasteiger partial charge < -0.3 is 5.11 Å². The van der Waals surface area contributed by atoms with Gasteiger partial charge in [-0.2, -0.15) is 0 Å². The quantitative estimate of drug-likeness (QED) is 0.430. The topological polar surface area (TPSA) is 69.0 Å². The van der Waals surface area contributed by atoms with Gasteiger partial charge in [0.1, 0.15) is 0 Å². The summed E-state index contributed by atoms with van der Waals surface area (Å²) in [5, 5.41) is 13.0. The van der Waals surface area contributed by atoms with Crippen LogP contribution in [-0.4, -0.2) is 5.11 Å². The van der Waals surface area contributed by atoms with Crippen LogP contribution >= 0.6 is 0 Å². The molecule has 0 aliphatic heterocycles. The van der Waals surface area contributed by atoms with Crippen LogP contribution in [0.1, 0.15) is 25.0 Å². The summed E-state index contributed by atoms with van der Waals surface area (Å²) in [6, 6.07) is 7.03. The third kappa shape index (κ3) is 2.21. The van der Waals surface area contributed by atoms with Gasteiger partial charge in [0.15, 0.2) is 0 Å². The lowest BCUT2D eigenvalue weighted by molar-refractivity contribution is 0.174. The molecule has 1 aromatic carbocycles. The highest BCUT2D eigenvalue weighted by Crippen LogP contribution is 2.26. The number of hydrogen-bond acceptors (Lipinski definition) is 2. The second-order valence-electron chi connectivity index (χ2n) is 2.67. The molecule has 0 fully saturated rings. The van der Waals surface area contributed by atoms with E-state index in [0.29, 0.717) is 17.7 Å². The van der Waals surface area contributed by atoms with E-state index < -0.39 is 6.10 Å². The molecule has 0 heterocycles. The van der Waals surface area contributed by atoms with Gasteiger partial charge in [-0.05, 0) is 17.5 Å². The van der Waals surface area contributed by atoms with Gasteiger partial charge in [-0.15, -0.1) is 0 Å². The van der Waals surface area contributed by atoms with E-state index in [-0.39, 0.29) is 0 Å². The number of rotatable bonds is 3. The van der Waals surface area contributed by atoms with Gasteiger partial charge in [0, 0.05) is 10.6 Å². The first-order valence-corrected chi connectivity index (χ1v) is 4.11. The molecule has 13 heavy (non-hydrogen) atoms. The van der Waals surface area contributed by atoms with Crippen LogP contribution in [0.15, 0.2) is 29.4 Å². The van der Waals surface area contributed by atoms with E-state index in [9.17, 15) is 5.11 Å². The summed E-state index contributed by atoms with van der Waals surface area (Å²) in [6.07, 6.45) is 0.0551. The van der Waals surface area contributed by atoms with Crippen molar-refractivity contribution in [3.63, 3.8) is 0 Å². The molecule has 4 nitrogen and oxygen atoms in total. The van der Waals surface area contributed by atoms with E-state index in [2.05, 4.69) is 10.0 Å². The number of nitrogens with zero attached hydrogens (tertiary/aromatic N) is 3. The van der Waals surface area contributed by atoms with Crippen LogP contribution in [0.4, 0.5) is 5.69 Å². The Hall–Kier alpha value is -1.51. The van der Waals surface area contributed by atoms with Crippen molar-refractivity contribution in [1.29, 1.82) is 0 Å². The predicted octanol–water partition coefficient (Wildman–Crippen LogP) is 3.07. The molecule has 0 saturated heterocycles. The maximum Gasteiger partial charge on any atom is 0.0791 e. The number of hydrogen-bond donors (Lipinski definition) is 1. The van der Waals surface area contributed by atoms with Crippen molar-refractivity contribution in [2.75, 3.05) is 0 Å². The van der Waals surface area contributed by atoms with Crippen molar-refractivity contribution in [2.45, 2.75) is 19.4 Å². The van der Waals surface area contributed by atoms with Gasteiger partial charge in [0.05, 0.1) is 6.10 Å². The lowest BCUT2D eigenvalue weighted by Crippen LogP contribution is -1.94. The summed E-state index contributed by atoms with van der Waals surface area (Å²) < 4.78 is 0. The Balaban J connectivity index is 3.11. The smallest absolute Gasteiger partial charge is 0.0791 e. The molecule has 0 saturated carbocycles. The minimum atomic E-state index is -0.554. The van der Waals surface area contributed by atoms with Gasteiger partial charge >= 0.3 is 0 Å². The van der Waals surface area contributed by atoms with Crippen LogP contribution in [-0.2, 0) is 0 Å². The third-order valence-corrected chi connectivity index (χ3v) is 1.83. The predicted molar refractivity (Wildman–Crippen MR) is 50.5 cm³/mol. The highest BCUT2D eigenvalue weighted by atomic mass is 16.3. The standard InChI is InChI=1S/C9H11N3O/c1-2-9(13)7-5-3-4-6-8(7)11-12-10/h3-6,9,13H,2H2,1H3/t9-/m1/s1. The molecule has 0 aliphatic carbocycles. The zero-order valence-corrected chi connectivity index (χ0v) is 7.38. The van der Waals surface area contributed by atoms with Crippen LogP contribution in [0.25, 0.3) is 10.4 Å². The Labute approximate surface area is 76.5 Å². The van der Waals surface area contributed by atoms with Crippen LogP contribution in [0.5, 0.6) is 0 Å². The normalized spacial score (nSPS) is 11.8. The maximum absolute atomic E-state index is 9.55. The fourth-order valence-corrected chi connectivity index (χ4v) is 1.13. The minimum Gasteiger partial charge on any atom is -0.388 e. The summed E-state index contributed by atoms with van der Waals surface area (Å²) in [5.41, 5.74) is 9.46. The van der Waals surface area contributed by atoms with E-state index in [1.54, 1.807) is 18.2 Å². The van der Waals surface area contributed by atoms with Crippen molar-refractivity contribution in [3.05, 3.63) is 40.3 Å². The van der Waals surface area contributed by atoms with E-state index >= 15 is 0 Å². The molecule has 0 bridgehead atoms. The molecule has 0 spiro atoms. The van der Waals surface area contributed by atoms with Crippen molar-refractivity contribution in [1.82, 2.24) is 0 Å². The molecule has 1 rings (SSSR count). The van der Waals surface area contributed by atoms with Crippen LogP contribution in [0, 0.1) is 0 Å². The molecule has 0 radical (unpaired) electrons. The molecule has 1 N–H and O–H groups in total. The summed E-state index contributed by atoms with van der Waals surface area (Å²) >= 11 is 0. The number of benzene rings is 1. The number of azide groups is 1. The van der Waals surface area contributed by atoms with E-state index in [1.165, 1.54) is 0 Å². The molecule has 0 amide bonds. The zero-order valence-electron chi connectivity index (χ0n) is 7.38. The molecular weight excluding hydrogens is 166 g/mol. The second-order valence-corrected chi connectivity index (χ2v) is 2.67. The molecule has 0 aliphatic rings. The Morgan fingerprint density at radius 2 is 2.23 bits per heavy atom. The SMILES string of the molecule is CC[C@@H](O)c1ccccc1N=[N+]=[N-]. The van der Waals surface area contributed by atoms with Gasteiger partial charge in [-0.25, -0.2) is 0 Å². The van der Waals surface area contributed by atoms with E-state index in [4.69, 9.17) is 5.53 Å². The summed E-state index contributed by atoms with van der Waals surface area (Å²) in [4.78, 5) is 2.70. The van der Waals surface area contributed by atoms with Crippen molar-refractivity contribution in [3.8, 4) is 0 Å². The first-order valence-electron chi connectivity index (χ1n) is 4.11. The molecule has 1 aromatic rings. The molecular formula is C9H11N3O. The Morgan fingerprint density at radius 3 is 2.85 bits per heavy atom. The Morgan fingerprint density at radius 1 is 1.54 bits per heavy atom. The second kappa shape index (κ2) is 4.50. The minimum absolute atomic E-state index is 0.499. The van der Waals surface area contributed by atoms with Crippen LogP contribution in [0.3, 0.4) is 0 Å². The zero-order chi connectivity index (χ0) is 9.68. The van der Waals surface area contributed by atoms with Gasteiger partial charge in [0.2, 0.25) is 0 Å². The highest BCUT2D eigenvalue weighted by Gasteiger charge is 2.07. The lowest BCUT2D eigenvalue weighted by Gasteiger charge is -2.09. The Bertz CT molecular complexity index is 331. The molecule has 0 aromatic heterocycles. The first-order chi connectivity index (χ1) is 6.29. The van der Waals surface area contributed by atoms with E-state index in [0.717, 1.165) is 0 Å². The third-order valence-electron chi connectivity index (χ3n) is 1.83. The van der Waals surface area contributed by atoms with Crippen molar-refractivity contribution >= 4 is 5.69 Å². The van der Waals surface area contributed by atoms with Crippen LogP contribution < -0.4 is 0 Å².